The van der Waals surface area contributed by atoms with Crippen LogP contribution in [0.4, 0.5) is 0 Å². The van der Waals surface area contributed by atoms with Gasteiger partial charge in [-0.1, -0.05) is 0 Å². The molecule has 0 aliphatic rings. The summed E-state index contributed by atoms with van der Waals surface area (Å²) in [6.07, 6.45) is 2.32. The van der Waals surface area contributed by atoms with Gasteiger partial charge in [-0.3, -0.25) is 4.79 Å². The van der Waals surface area contributed by atoms with Gasteiger partial charge in [0.2, 0.25) is 5.91 Å². The summed E-state index contributed by atoms with van der Waals surface area (Å²) in [5.41, 5.74) is 6.28. The summed E-state index contributed by atoms with van der Waals surface area (Å²) in [7, 11) is 0. The molecule has 0 bridgehead atoms. The lowest BCUT2D eigenvalue weighted by Crippen LogP contribution is -2.22. The summed E-state index contributed by atoms with van der Waals surface area (Å²) in [5, 5.41) is 5.83. The van der Waals surface area contributed by atoms with Crippen molar-refractivity contribution < 1.29 is 4.79 Å². The molecule has 5 heteroatoms. The lowest BCUT2D eigenvalue weighted by atomic mass is 10.2. The van der Waals surface area contributed by atoms with Gasteiger partial charge in [0.25, 0.3) is 0 Å². The van der Waals surface area contributed by atoms with Gasteiger partial charge in [0.15, 0.2) is 0 Å². The third kappa shape index (κ3) is 4.90. The summed E-state index contributed by atoms with van der Waals surface area (Å²) in [6, 6.07) is 0. The Kier molecular flexibility index (Phi) is 5.28. The Morgan fingerprint density at radius 1 is 1.60 bits per heavy atom. The number of carbonyl (C=O) groups is 1. The van der Waals surface area contributed by atoms with E-state index in [1.54, 1.807) is 11.3 Å². The molecule has 1 heterocycles. The predicted octanol–water partition coefficient (Wildman–Crippen LogP) is 1.20. The van der Waals surface area contributed by atoms with E-state index in [0.717, 1.165) is 23.5 Å². The fourth-order valence-electron chi connectivity index (χ4n) is 1.20. The van der Waals surface area contributed by atoms with E-state index in [-0.39, 0.29) is 5.91 Å². The number of hydrogen-bond donors (Lipinski definition) is 2. The summed E-state index contributed by atoms with van der Waals surface area (Å²) in [4.78, 5) is 15.6. The topological polar surface area (TPSA) is 68.0 Å². The van der Waals surface area contributed by atoms with Crippen LogP contribution in [-0.2, 0) is 11.3 Å². The van der Waals surface area contributed by atoms with Crippen molar-refractivity contribution in [1.29, 1.82) is 0 Å². The molecule has 1 amide bonds. The number of unbranched alkanes of at least 4 members (excludes halogenated alkanes) is 1. The highest BCUT2D eigenvalue weighted by atomic mass is 32.1. The molecular formula is C10H17N3OS. The first-order valence-electron chi connectivity index (χ1n) is 5.10. The zero-order chi connectivity index (χ0) is 11.1. The van der Waals surface area contributed by atoms with Crippen LogP contribution in [0.3, 0.4) is 0 Å². The molecule has 0 unspecified atom stereocenters. The summed E-state index contributed by atoms with van der Waals surface area (Å²) in [6.45, 7) is 3.14. The third-order valence-corrected chi connectivity index (χ3v) is 2.81. The van der Waals surface area contributed by atoms with Gasteiger partial charge in [0.05, 0.1) is 17.2 Å². The minimum Gasteiger partial charge on any atom is -0.350 e. The minimum absolute atomic E-state index is 0.0779. The highest BCUT2D eigenvalue weighted by Crippen LogP contribution is 2.07. The molecule has 0 saturated heterocycles. The molecular weight excluding hydrogens is 210 g/mol. The second-order valence-electron chi connectivity index (χ2n) is 3.38. The molecule has 15 heavy (non-hydrogen) atoms. The molecule has 0 atom stereocenters. The standard InChI is InChI=1S/C10H17N3OS/c1-8-13-9(7-15-8)6-12-10(14)4-2-3-5-11/h7H,2-6,11H2,1H3,(H,12,14). The van der Waals surface area contributed by atoms with Crippen molar-refractivity contribution in [3.05, 3.63) is 16.1 Å². The first-order chi connectivity index (χ1) is 7.22. The molecule has 0 radical (unpaired) electrons. The Bertz CT molecular complexity index is 311. The summed E-state index contributed by atoms with van der Waals surface area (Å²) in [5.74, 6) is 0.0779. The van der Waals surface area contributed by atoms with Crippen LogP contribution in [-0.4, -0.2) is 17.4 Å². The van der Waals surface area contributed by atoms with Gasteiger partial charge in [-0.05, 0) is 26.3 Å². The minimum atomic E-state index is 0.0779. The van der Waals surface area contributed by atoms with Gasteiger partial charge >= 0.3 is 0 Å². The van der Waals surface area contributed by atoms with E-state index in [1.165, 1.54) is 0 Å². The Labute approximate surface area is 93.9 Å². The predicted molar refractivity (Wildman–Crippen MR) is 61.6 cm³/mol. The Morgan fingerprint density at radius 3 is 3.00 bits per heavy atom. The Balaban J connectivity index is 2.16. The van der Waals surface area contributed by atoms with Gasteiger partial charge < -0.3 is 11.1 Å². The van der Waals surface area contributed by atoms with Crippen LogP contribution < -0.4 is 11.1 Å². The van der Waals surface area contributed by atoms with Crippen LogP contribution in [0.2, 0.25) is 0 Å². The average molecular weight is 227 g/mol. The maximum Gasteiger partial charge on any atom is 0.220 e. The van der Waals surface area contributed by atoms with Crippen molar-refractivity contribution in [3.63, 3.8) is 0 Å². The molecule has 0 spiro atoms. The van der Waals surface area contributed by atoms with Crippen molar-refractivity contribution >= 4 is 17.2 Å². The number of nitrogens with one attached hydrogen (secondary N) is 1. The number of rotatable bonds is 6. The molecule has 0 aromatic carbocycles. The number of aryl methyl sites for hydroxylation is 1. The zero-order valence-corrected chi connectivity index (χ0v) is 9.77. The van der Waals surface area contributed by atoms with Gasteiger partial charge in [-0.25, -0.2) is 4.98 Å². The average Bonchev–Trinajstić information content (AvgIpc) is 2.62. The lowest BCUT2D eigenvalue weighted by Gasteiger charge is -2.02. The largest absolute Gasteiger partial charge is 0.350 e. The summed E-state index contributed by atoms with van der Waals surface area (Å²) < 4.78 is 0. The van der Waals surface area contributed by atoms with E-state index >= 15 is 0 Å². The number of hydrogen-bond acceptors (Lipinski definition) is 4. The highest BCUT2D eigenvalue weighted by Gasteiger charge is 2.02. The van der Waals surface area contributed by atoms with Crippen molar-refractivity contribution in [2.45, 2.75) is 32.7 Å². The third-order valence-electron chi connectivity index (χ3n) is 1.99. The number of nitrogens with zero attached hydrogens (tertiary/aromatic N) is 1. The molecule has 0 aliphatic carbocycles. The van der Waals surface area contributed by atoms with Crippen molar-refractivity contribution in [1.82, 2.24) is 10.3 Å². The Hall–Kier alpha value is -0.940. The van der Waals surface area contributed by atoms with Crippen LogP contribution >= 0.6 is 11.3 Å². The van der Waals surface area contributed by atoms with Gasteiger partial charge in [-0.2, -0.15) is 0 Å². The summed E-state index contributed by atoms with van der Waals surface area (Å²) >= 11 is 1.60. The molecule has 0 fully saturated rings. The molecule has 84 valence electrons. The zero-order valence-electron chi connectivity index (χ0n) is 8.95. The molecule has 1 rings (SSSR count). The molecule has 3 N–H and O–H groups in total. The van der Waals surface area contributed by atoms with E-state index in [4.69, 9.17) is 5.73 Å². The second kappa shape index (κ2) is 6.53. The van der Waals surface area contributed by atoms with Crippen molar-refractivity contribution in [2.24, 2.45) is 5.73 Å². The Morgan fingerprint density at radius 2 is 2.40 bits per heavy atom. The molecule has 1 aromatic rings. The fraction of sp³-hybridized carbons (Fsp3) is 0.600. The van der Waals surface area contributed by atoms with E-state index in [9.17, 15) is 4.79 Å². The van der Waals surface area contributed by atoms with Crippen LogP contribution in [0.25, 0.3) is 0 Å². The molecule has 1 aromatic heterocycles. The van der Waals surface area contributed by atoms with Crippen molar-refractivity contribution in [3.8, 4) is 0 Å². The first kappa shape index (κ1) is 12.1. The number of thiazole rings is 1. The van der Waals surface area contributed by atoms with Crippen LogP contribution in [0.1, 0.15) is 30.0 Å². The number of amides is 1. The normalized spacial score (nSPS) is 10.3. The fourth-order valence-corrected chi connectivity index (χ4v) is 1.81. The highest BCUT2D eigenvalue weighted by molar-refractivity contribution is 7.09. The van der Waals surface area contributed by atoms with E-state index in [2.05, 4.69) is 10.3 Å². The van der Waals surface area contributed by atoms with Gasteiger partial charge in [0.1, 0.15) is 0 Å². The second-order valence-corrected chi connectivity index (χ2v) is 4.44. The first-order valence-corrected chi connectivity index (χ1v) is 5.98. The molecule has 0 saturated carbocycles. The number of nitrogens with two attached hydrogens (primary N) is 1. The molecule has 4 nitrogen and oxygen atoms in total. The van der Waals surface area contributed by atoms with E-state index in [0.29, 0.717) is 19.5 Å². The van der Waals surface area contributed by atoms with E-state index < -0.39 is 0 Å². The monoisotopic (exact) mass is 227 g/mol. The van der Waals surface area contributed by atoms with Crippen LogP contribution in [0, 0.1) is 6.92 Å². The SMILES string of the molecule is Cc1nc(CNC(=O)CCCCN)cs1. The van der Waals surface area contributed by atoms with Crippen LogP contribution in [0.5, 0.6) is 0 Å². The lowest BCUT2D eigenvalue weighted by molar-refractivity contribution is -0.121. The smallest absolute Gasteiger partial charge is 0.220 e. The van der Waals surface area contributed by atoms with E-state index in [1.807, 2.05) is 12.3 Å². The van der Waals surface area contributed by atoms with Crippen molar-refractivity contribution in [2.75, 3.05) is 6.54 Å². The van der Waals surface area contributed by atoms with Crippen LogP contribution in [0.15, 0.2) is 5.38 Å². The number of aromatic nitrogens is 1. The maximum atomic E-state index is 11.3. The van der Waals surface area contributed by atoms with Gasteiger partial charge in [0, 0.05) is 11.8 Å². The molecule has 0 aliphatic heterocycles. The maximum absolute atomic E-state index is 11.3. The number of carbonyl (C=O) groups excluding carboxylic acids is 1. The quantitative estimate of drug-likeness (QED) is 0.717. The van der Waals surface area contributed by atoms with Gasteiger partial charge in [-0.15, -0.1) is 11.3 Å².